The lowest BCUT2D eigenvalue weighted by Crippen LogP contribution is -2.27. The fourth-order valence-corrected chi connectivity index (χ4v) is 0.980. The van der Waals surface area contributed by atoms with Gasteiger partial charge in [-0.05, 0) is 33.6 Å². The summed E-state index contributed by atoms with van der Waals surface area (Å²) in [6, 6.07) is 0. The molecule has 1 atom stereocenters. The zero-order valence-electron chi connectivity index (χ0n) is 10.0. The molecule has 0 rings (SSSR count). The lowest BCUT2D eigenvalue weighted by molar-refractivity contribution is -0.0381. The van der Waals surface area contributed by atoms with Crippen molar-refractivity contribution in [3.63, 3.8) is 0 Å². The predicted molar refractivity (Wildman–Crippen MR) is 60.6 cm³/mol. The molecule has 0 N–H and O–H groups in total. The van der Waals surface area contributed by atoms with Crippen LogP contribution in [0.5, 0.6) is 0 Å². The zero-order valence-corrected chi connectivity index (χ0v) is 10.0. The van der Waals surface area contributed by atoms with Gasteiger partial charge in [-0.15, -0.1) is 6.58 Å². The van der Waals surface area contributed by atoms with Gasteiger partial charge in [-0.2, -0.15) is 0 Å². The Morgan fingerprint density at radius 3 is 2.57 bits per heavy atom. The van der Waals surface area contributed by atoms with Crippen LogP contribution >= 0.6 is 0 Å². The van der Waals surface area contributed by atoms with E-state index in [-0.39, 0.29) is 5.60 Å². The molecule has 0 aliphatic rings. The maximum atomic E-state index is 5.60. The molecule has 0 amide bonds. The molecule has 0 saturated carbocycles. The summed E-state index contributed by atoms with van der Waals surface area (Å²) in [5, 5.41) is 0. The fraction of sp³-hybridized carbons (Fsp3) is 0.833. The van der Waals surface area contributed by atoms with E-state index >= 15 is 0 Å². The molecule has 0 saturated heterocycles. The van der Waals surface area contributed by atoms with Crippen molar-refractivity contribution >= 4 is 0 Å². The van der Waals surface area contributed by atoms with Crippen molar-refractivity contribution in [1.29, 1.82) is 0 Å². The minimum Gasteiger partial charge on any atom is -0.378 e. The van der Waals surface area contributed by atoms with Crippen molar-refractivity contribution in [1.82, 2.24) is 0 Å². The van der Waals surface area contributed by atoms with Gasteiger partial charge in [-0.25, -0.2) is 0 Å². The van der Waals surface area contributed by atoms with Gasteiger partial charge in [0.25, 0.3) is 0 Å². The van der Waals surface area contributed by atoms with E-state index in [4.69, 9.17) is 9.47 Å². The SMILES string of the molecule is C=CCOC(C)(C)CCOC(C)CC. The Morgan fingerprint density at radius 2 is 2.07 bits per heavy atom. The van der Waals surface area contributed by atoms with Crippen LogP contribution in [0, 0.1) is 0 Å². The van der Waals surface area contributed by atoms with E-state index in [1.807, 2.05) is 0 Å². The van der Waals surface area contributed by atoms with Crippen LogP contribution < -0.4 is 0 Å². The molecule has 0 spiro atoms. The van der Waals surface area contributed by atoms with Crippen molar-refractivity contribution in [2.45, 2.75) is 52.2 Å². The minimum absolute atomic E-state index is 0.109. The van der Waals surface area contributed by atoms with Crippen LogP contribution in [-0.2, 0) is 9.47 Å². The molecule has 14 heavy (non-hydrogen) atoms. The second kappa shape index (κ2) is 7.02. The second-order valence-corrected chi connectivity index (χ2v) is 4.20. The molecule has 2 nitrogen and oxygen atoms in total. The summed E-state index contributed by atoms with van der Waals surface area (Å²) in [6.45, 7) is 13.4. The number of rotatable bonds is 8. The first-order valence-electron chi connectivity index (χ1n) is 5.38. The van der Waals surface area contributed by atoms with E-state index in [1.54, 1.807) is 6.08 Å². The smallest absolute Gasteiger partial charge is 0.0652 e. The number of hydrogen-bond donors (Lipinski definition) is 0. The van der Waals surface area contributed by atoms with Gasteiger partial charge in [0, 0.05) is 6.61 Å². The maximum absolute atomic E-state index is 5.60. The van der Waals surface area contributed by atoms with Crippen molar-refractivity contribution in [2.75, 3.05) is 13.2 Å². The monoisotopic (exact) mass is 200 g/mol. The lowest BCUT2D eigenvalue weighted by atomic mass is 10.1. The number of hydrogen-bond acceptors (Lipinski definition) is 2. The largest absolute Gasteiger partial charge is 0.378 e. The average Bonchev–Trinajstić information content (AvgIpc) is 2.14. The minimum atomic E-state index is -0.109. The summed E-state index contributed by atoms with van der Waals surface area (Å²) in [6.07, 6.45) is 4.11. The van der Waals surface area contributed by atoms with Crippen LogP contribution in [0.2, 0.25) is 0 Å². The summed E-state index contributed by atoms with van der Waals surface area (Å²) in [5.41, 5.74) is -0.109. The lowest BCUT2D eigenvalue weighted by Gasteiger charge is -2.25. The molecule has 2 heteroatoms. The van der Waals surface area contributed by atoms with Crippen molar-refractivity contribution in [3.05, 3.63) is 12.7 Å². The molecular weight excluding hydrogens is 176 g/mol. The summed E-state index contributed by atoms with van der Waals surface area (Å²) in [4.78, 5) is 0. The van der Waals surface area contributed by atoms with Gasteiger partial charge in [0.05, 0.1) is 18.3 Å². The van der Waals surface area contributed by atoms with E-state index in [0.29, 0.717) is 12.7 Å². The molecule has 0 aromatic carbocycles. The highest BCUT2D eigenvalue weighted by atomic mass is 16.5. The molecule has 0 fully saturated rings. The van der Waals surface area contributed by atoms with Crippen molar-refractivity contribution in [2.24, 2.45) is 0 Å². The third kappa shape index (κ3) is 7.10. The van der Waals surface area contributed by atoms with Gasteiger partial charge in [0.15, 0.2) is 0 Å². The van der Waals surface area contributed by atoms with Crippen LogP contribution in [0.1, 0.15) is 40.5 Å². The maximum Gasteiger partial charge on any atom is 0.0652 e. The van der Waals surface area contributed by atoms with E-state index < -0.39 is 0 Å². The summed E-state index contributed by atoms with van der Waals surface area (Å²) in [7, 11) is 0. The second-order valence-electron chi connectivity index (χ2n) is 4.20. The molecule has 0 heterocycles. The van der Waals surface area contributed by atoms with E-state index in [2.05, 4.69) is 34.3 Å². The van der Waals surface area contributed by atoms with Gasteiger partial charge in [0.1, 0.15) is 0 Å². The Balaban J connectivity index is 3.59. The Kier molecular flexibility index (Phi) is 6.85. The standard InChI is InChI=1S/C12H24O2/c1-6-9-14-12(4,5)8-10-13-11(3)7-2/h6,11H,1,7-10H2,2-5H3. The first-order valence-corrected chi connectivity index (χ1v) is 5.38. The first kappa shape index (κ1) is 13.7. The van der Waals surface area contributed by atoms with Crippen LogP contribution in [0.4, 0.5) is 0 Å². The summed E-state index contributed by atoms with van der Waals surface area (Å²) >= 11 is 0. The highest BCUT2D eigenvalue weighted by molar-refractivity contribution is 4.73. The third-order valence-electron chi connectivity index (χ3n) is 2.27. The average molecular weight is 200 g/mol. The quantitative estimate of drug-likeness (QED) is 0.560. The highest BCUT2D eigenvalue weighted by Gasteiger charge is 2.17. The van der Waals surface area contributed by atoms with Crippen molar-refractivity contribution in [3.8, 4) is 0 Å². The van der Waals surface area contributed by atoms with E-state index in [1.165, 1.54) is 0 Å². The highest BCUT2D eigenvalue weighted by Crippen LogP contribution is 2.14. The molecule has 1 unspecified atom stereocenters. The Hall–Kier alpha value is -0.340. The molecule has 0 aromatic rings. The number of ether oxygens (including phenoxy) is 2. The third-order valence-corrected chi connectivity index (χ3v) is 2.27. The van der Waals surface area contributed by atoms with Gasteiger partial charge in [-0.1, -0.05) is 13.0 Å². The predicted octanol–water partition coefficient (Wildman–Crippen LogP) is 3.17. The Labute approximate surface area is 88.3 Å². The van der Waals surface area contributed by atoms with Gasteiger partial charge >= 0.3 is 0 Å². The molecule has 0 aromatic heterocycles. The molecule has 0 bridgehead atoms. The van der Waals surface area contributed by atoms with Gasteiger partial charge in [0.2, 0.25) is 0 Å². The molecular formula is C12H24O2. The Bertz CT molecular complexity index is 152. The topological polar surface area (TPSA) is 18.5 Å². The molecule has 0 aliphatic carbocycles. The van der Waals surface area contributed by atoms with Gasteiger partial charge in [-0.3, -0.25) is 0 Å². The molecule has 0 aliphatic heterocycles. The summed E-state index contributed by atoms with van der Waals surface area (Å²) in [5.74, 6) is 0. The van der Waals surface area contributed by atoms with Crippen molar-refractivity contribution < 1.29 is 9.47 Å². The fourth-order valence-electron chi connectivity index (χ4n) is 0.980. The molecule has 84 valence electrons. The summed E-state index contributed by atoms with van der Waals surface area (Å²) < 4.78 is 11.2. The van der Waals surface area contributed by atoms with E-state index in [9.17, 15) is 0 Å². The van der Waals surface area contributed by atoms with Crippen LogP contribution in [0.3, 0.4) is 0 Å². The zero-order chi connectivity index (χ0) is 11.0. The molecule has 0 radical (unpaired) electrons. The Morgan fingerprint density at radius 1 is 1.43 bits per heavy atom. The van der Waals surface area contributed by atoms with Gasteiger partial charge < -0.3 is 9.47 Å². The normalized spacial score (nSPS) is 14.0. The van der Waals surface area contributed by atoms with Crippen LogP contribution in [0.25, 0.3) is 0 Å². The van der Waals surface area contributed by atoms with Crippen LogP contribution in [-0.4, -0.2) is 24.9 Å². The van der Waals surface area contributed by atoms with E-state index in [0.717, 1.165) is 19.4 Å². The van der Waals surface area contributed by atoms with Crippen LogP contribution in [0.15, 0.2) is 12.7 Å². The first-order chi connectivity index (χ1) is 6.52.